The van der Waals surface area contributed by atoms with Gasteiger partial charge in [-0.25, -0.2) is 0 Å². The van der Waals surface area contributed by atoms with Gasteiger partial charge in [-0.1, -0.05) is 6.42 Å². The molecular weight excluding hydrogens is 306 g/mol. The van der Waals surface area contributed by atoms with Gasteiger partial charge in [0, 0.05) is 6.04 Å². The predicted molar refractivity (Wildman–Crippen MR) is 85.6 cm³/mol. The number of hydrogen-bond acceptors (Lipinski definition) is 5. The Morgan fingerprint density at radius 1 is 1.25 bits per heavy atom. The van der Waals surface area contributed by atoms with Crippen LogP contribution in [0.1, 0.15) is 26.2 Å². The van der Waals surface area contributed by atoms with Gasteiger partial charge in [-0.05, 0) is 46.1 Å². The van der Waals surface area contributed by atoms with Crippen molar-refractivity contribution in [1.82, 2.24) is 4.90 Å². The summed E-state index contributed by atoms with van der Waals surface area (Å²) < 4.78 is 0. The number of rotatable bonds is 9. The number of carboxylic acids is 1. The van der Waals surface area contributed by atoms with Crippen molar-refractivity contribution in [2.45, 2.75) is 44.6 Å². The highest BCUT2D eigenvalue weighted by Gasteiger charge is 2.22. The topological polar surface area (TPSA) is 107 Å². The number of carbonyl (C=O) groups is 1. The van der Waals surface area contributed by atoms with E-state index >= 15 is 0 Å². The molecule has 0 saturated carbocycles. The molecule has 0 spiro atoms. The van der Waals surface area contributed by atoms with Crippen molar-refractivity contribution in [2.24, 2.45) is 11.7 Å². The molecule has 0 aliphatic rings. The Labute approximate surface area is 133 Å². The van der Waals surface area contributed by atoms with E-state index in [1.165, 1.54) is 0 Å². The van der Waals surface area contributed by atoms with Crippen LogP contribution in [0.25, 0.3) is 0 Å². The molecule has 0 radical (unpaired) electrons. The summed E-state index contributed by atoms with van der Waals surface area (Å²) in [4.78, 5) is 12.8. The molecule has 0 rings (SSSR count). The molecule has 0 aliphatic carbocycles. The maximum Gasteiger partial charge on any atom is 0.451 e. The standard InChI is InChI=1S/C11H25BN2O4.2ClH/c1-8(14(2)3)6-9(4-5-12(17)18)7-10(13)11(15)16;;/h8-10,17-18H,4-7,13H2,1-3H3,(H,15,16);2*1H. The van der Waals surface area contributed by atoms with Crippen molar-refractivity contribution in [3.8, 4) is 0 Å². The molecule has 0 amide bonds. The molecule has 0 aromatic carbocycles. The molecule has 20 heavy (non-hydrogen) atoms. The summed E-state index contributed by atoms with van der Waals surface area (Å²) in [6.07, 6.45) is 1.97. The first-order chi connectivity index (χ1) is 8.23. The van der Waals surface area contributed by atoms with Crippen LogP contribution in [0.4, 0.5) is 0 Å². The van der Waals surface area contributed by atoms with Crippen LogP contribution in [-0.4, -0.2) is 59.3 Å². The van der Waals surface area contributed by atoms with Gasteiger partial charge in [-0.2, -0.15) is 0 Å². The number of nitrogens with two attached hydrogens (primary N) is 1. The van der Waals surface area contributed by atoms with E-state index in [1.54, 1.807) is 0 Å². The molecule has 3 atom stereocenters. The number of hydrogen-bond donors (Lipinski definition) is 4. The number of aliphatic carboxylic acids is 1. The van der Waals surface area contributed by atoms with E-state index in [1.807, 2.05) is 14.1 Å². The Hall–Kier alpha value is -0.0451. The van der Waals surface area contributed by atoms with E-state index in [0.29, 0.717) is 18.9 Å². The first-order valence-electron chi connectivity index (χ1n) is 6.25. The van der Waals surface area contributed by atoms with Gasteiger partial charge in [0.2, 0.25) is 0 Å². The summed E-state index contributed by atoms with van der Waals surface area (Å²) in [7, 11) is 2.57. The van der Waals surface area contributed by atoms with Crippen LogP contribution in [-0.2, 0) is 4.79 Å². The lowest BCUT2D eigenvalue weighted by atomic mass is 9.78. The van der Waals surface area contributed by atoms with Crippen LogP contribution in [0.3, 0.4) is 0 Å². The van der Waals surface area contributed by atoms with Crippen molar-refractivity contribution in [3.05, 3.63) is 0 Å². The fourth-order valence-electron chi connectivity index (χ4n) is 1.87. The minimum absolute atomic E-state index is 0. The summed E-state index contributed by atoms with van der Waals surface area (Å²) >= 11 is 0. The van der Waals surface area contributed by atoms with Crippen LogP contribution < -0.4 is 5.73 Å². The summed E-state index contributed by atoms with van der Waals surface area (Å²) in [5, 5.41) is 26.6. The third-order valence-electron chi connectivity index (χ3n) is 3.29. The zero-order valence-electron chi connectivity index (χ0n) is 12.2. The number of nitrogens with zero attached hydrogens (tertiary/aromatic N) is 1. The van der Waals surface area contributed by atoms with Crippen molar-refractivity contribution in [1.29, 1.82) is 0 Å². The second-order valence-electron chi connectivity index (χ2n) is 5.15. The zero-order chi connectivity index (χ0) is 14.3. The average molecular weight is 333 g/mol. The summed E-state index contributed by atoms with van der Waals surface area (Å²) in [6, 6.07) is -0.591. The molecule has 122 valence electrons. The Kier molecular flexibility index (Phi) is 15.8. The molecule has 0 heterocycles. The second kappa shape index (κ2) is 12.7. The molecule has 0 aromatic rings. The summed E-state index contributed by atoms with van der Waals surface area (Å²) in [5.74, 6) is -0.933. The molecule has 9 heteroatoms. The molecule has 5 N–H and O–H groups in total. The highest BCUT2D eigenvalue weighted by molar-refractivity contribution is 6.40. The summed E-state index contributed by atoms with van der Waals surface area (Å²) in [5.41, 5.74) is 5.54. The van der Waals surface area contributed by atoms with E-state index in [4.69, 9.17) is 20.9 Å². The van der Waals surface area contributed by atoms with Gasteiger partial charge >= 0.3 is 13.1 Å². The van der Waals surface area contributed by atoms with Gasteiger partial charge in [0.1, 0.15) is 6.04 Å². The molecule has 0 fully saturated rings. The maximum absolute atomic E-state index is 10.8. The fraction of sp³-hybridized carbons (Fsp3) is 0.909. The van der Waals surface area contributed by atoms with Crippen LogP contribution in [0.15, 0.2) is 0 Å². The molecule has 3 unspecified atom stereocenters. The summed E-state index contributed by atoms with van der Waals surface area (Å²) in [6.45, 7) is 2.05. The molecular formula is C11H27BCl2N2O4. The van der Waals surface area contributed by atoms with Crippen molar-refractivity contribution in [3.63, 3.8) is 0 Å². The maximum atomic E-state index is 10.8. The van der Waals surface area contributed by atoms with E-state index in [0.717, 1.165) is 6.42 Å². The third kappa shape index (κ3) is 11.8. The number of halogens is 2. The van der Waals surface area contributed by atoms with Gasteiger partial charge < -0.3 is 25.8 Å². The monoisotopic (exact) mass is 332 g/mol. The number of carboxylic acid groups (broad SMARTS) is 1. The predicted octanol–water partition coefficient (Wildman–Crippen LogP) is 0.451. The van der Waals surface area contributed by atoms with Crippen LogP contribution >= 0.6 is 24.8 Å². The molecule has 0 aromatic heterocycles. The molecule has 0 aliphatic heterocycles. The van der Waals surface area contributed by atoms with Gasteiger partial charge in [-0.15, -0.1) is 24.8 Å². The normalized spacial score (nSPS) is 14.8. The largest absolute Gasteiger partial charge is 0.480 e. The van der Waals surface area contributed by atoms with Crippen LogP contribution in [0.2, 0.25) is 6.32 Å². The van der Waals surface area contributed by atoms with E-state index in [2.05, 4.69) is 11.8 Å². The quantitative estimate of drug-likeness (QED) is 0.457. The lowest BCUT2D eigenvalue weighted by molar-refractivity contribution is -0.139. The second-order valence-corrected chi connectivity index (χ2v) is 5.15. The first-order valence-corrected chi connectivity index (χ1v) is 6.25. The fourth-order valence-corrected chi connectivity index (χ4v) is 1.87. The Bertz CT molecular complexity index is 261. The highest BCUT2D eigenvalue weighted by atomic mass is 35.5. The Morgan fingerprint density at radius 3 is 2.10 bits per heavy atom. The van der Waals surface area contributed by atoms with E-state index in [9.17, 15) is 4.79 Å². The van der Waals surface area contributed by atoms with Crippen molar-refractivity contribution in [2.75, 3.05) is 14.1 Å². The van der Waals surface area contributed by atoms with Crippen molar-refractivity contribution >= 4 is 37.9 Å². The third-order valence-corrected chi connectivity index (χ3v) is 3.29. The average Bonchev–Trinajstić information content (AvgIpc) is 2.25. The zero-order valence-corrected chi connectivity index (χ0v) is 13.9. The van der Waals surface area contributed by atoms with Crippen LogP contribution in [0.5, 0.6) is 0 Å². The van der Waals surface area contributed by atoms with Gasteiger partial charge in [0.25, 0.3) is 0 Å². The molecule has 0 saturated heterocycles. The Balaban J connectivity index is -0.00000144. The van der Waals surface area contributed by atoms with E-state index < -0.39 is 19.1 Å². The van der Waals surface area contributed by atoms with Gasteiger partial charge in [0.05, 0.1) is 0 Å². The lowest BCUT2D eigenvalue weighted by Crippen LogP contribution is -2.35. The van der Waals surface area contributed by atoms with Crippen molar-refractivity contribution < 1.29 is 19.9 Å². The first kappa shape index (κ1) is 24.9. The molecule has 6 nitrogen and oxygen atoms in total. The van der Waals surface area contributed by atoms with Crippen LogP contribution in [0, 0.1) is 5.92 Å². The van der Waals surface area contributed by atoms with Gasteiger partial charge in [-0.3, -0.25) is 4.79 Å². The smallest absolute Gasteiger partial charge is 0.451 e. The SMILES string of the molecule is CC(CC(CCB(O)O)CC(N)C(=O)O)N(C)C.Cl.Cl. The Morgan fingerprint density at radius 2 is 1.75 bits per heavy atom. The minimum atomic E-state index is -1.34. The van der Waals surface area contributed by atoms with Gasteiger partial charge in [0.15, 0.2) is 0 Å². The van der Waals surface area contributed by atoms with E-state index in [-0.39, 0.29) is 37.1 Å². The lowest BCUT2D eigenvalue weighted by Gasteiger charge is -2.26. The minimum Gasteiger partial charge on any atom is -0.480 e. The highest BCUT2D eigenvalue weighted by Crippen LogP contribution is 2.21. The molecule has 0 bridgehead atoms.